The van der Waals surface area contributed by atoms with Gasteiger partial charge in [-0.25, -0.2) is 9.78 Å². The third-order valence-electron chi connectivity index (χ3n) is 12.2. The van der Waals surface area contributed by atoms with Crippen molar-refractivity contribution in [3.8, 4) is 5.75 Å². The van der Waals surface area contributed by atoms with E-state index in [9.17, 15) is 73.5 Å². The standard InChI is InChI=1S/C49H80N18O15S/c1-24(2)37(67-45(79)36(22-70)66-44(78)35(21-69)65-43(77)34(20-68)64-38(72)25(3)59-39(73)29(50)7-5-14-56-48(51)52)46(80)61-30(8-6-15-57-49(53)54)40(74)62-32(17-26-9-11-28(71)12-10-26)42(76)60-31(13-16-83-4)41(75)63-33(47(81)82)18-27-19-55-23-58-27/h9-12,19,23-25,29-37,68-71H,5-8,13-18,20-22,50H2,1-4H3,(H,55,58)(H,59,73)(H,60,76)(H,61,80)(H,62,74)(H,63,75)(H,64,72)(H,65,77)(H,66,78)(H,67,79)(H,81,82)(H4,51,52,56)(H4,53,54,57)/t25-,29-,30-,31-,32-,33-,34-,35-,36-,37-/m0/s1. The number of carbonyl (C=O) groups excluding carboxylic acids is 9. The van der Waals surface area contributed by atoms with E-state index in [1.165, 1.54) is 69.3 Å². The molecule has 2 rings (SSSR count). The Kier molecular flexibility index (Phi) is 31.5. The number of rotatable bonds is 38. The van der Waals surface area contributed by atoms with Crippen LogP contribution in [0.1, 0.15) is 64.1 Å². The number of aliphatic imine (C=N–C) groups is 2. The van der Waals surface area contributed by atoms with E-state index >= 15 is 0 Å². The van der Waals surface area contributed by atoms with Gasteiger partial charge in [0.1, 0.15) is 60.1 Å². The molecular formula is C49H80N18O15S. The summed E-state index contributed by atoms with van der Waals surface area (Å²) in [5.74, 6) is -11.2. The number of nitrogens with zero attached hydrogens (tertiary/aromatic N) is 3. The van der Waals surface area contributed by atoms with Gasteiger partial charge in [-0.3, -0.25) is 53.1 Å². The molecule has 1 aromatic carbocycles. The highest BCUT2D eigenvalue weighted by molar-refractivity contribution is 7.98. The highest BCUT2D eigenvalue weighted by Crippen LogP contribution is 2.14. The maximum atomic E-state index is 14.4. The number of thioether (sulfide) groups is 1. The number of nitrogens with two attached hydrogens (primary N) is 5. The molecule has 34 heteroatoms. The lowest BCUT2D eigenvalue weighted by Gasteiger charge is -2.29. The first-order valence-corrected chi connectivity index (χ1v) is 27.5. The van der Waals surface area contributed by atoms with Crippen molar-refractivity contribution in [1.29, 1.82) is 0 Å². The van der Waals surface area contributed by atoms with Gasteiger partial charge in [0.15, 0.2) is 11.9 Å². The molecule has 0 aliphatic heterocycles. The zero-order valence-corrected chi connectivity index (χ0v) is 47.3. The smallest absolute Gasteiger partial charge is 0.326 e. The number of phenolic OH excluding ortho intramolecular Hbond substituents is 1. The largest absolute Gasteiger partial charge is 0.508 e. The number of benzene rings is 1. The van der Waals surface area contributed by atoms with Crippen LogP contribution in [0.3, 0.4) is 0 Å². The lowest BCUT2D eigenvalue weighted by Crippen LogP contribution is -2.62. The maximum absolute atomic E-state index is 14.4. The van der Waals surface area contributed by atoms with Crippen LogP contribution in [0.5, 0.6) is 5.75 Å². The lowest BCUT2D eigenvalue weighted by atomic mass is 10.0. The summed E-state index contributed by atoms with van der Waals surface area (Å²) in [5.41, 5.74) is 28.3. The zero-order chi connectivity index (χ0) is 62.3. The number of aliphatic hydroxyl groups excluding tert-OH is 3. The SMILES string of the molecule is CSCC[C@H](NC(=O)[C@H](Cc1ccc(O)cc1)NC(=O)[C@H](CCCN=C(N)N)NC(=O)[C@@H](NC(=O)[C@H](CO)NC(=O)[C@H](CO)NC(=O)[C@H](CO)NC(=O)[C@H](C)NC(=O)[C@@H](N)CCCN=C(N)N)C(C)C)C(=O)N[C@@H](Cc1cnc[nH]1)C(=O)O. The van der Waals surface area contributed by atoms with Gasteiger partial charge >= 0.3 is 5.97 Å². The molecule has 0 saturated heterocycles. The summed E-state index contributed by atoms with van der Waals surface area (Å²) in [6.45, 7) is 1.23. The summed E-state index contributed by atoms with van der Waals surface area (Å²) in [6, 6.07) is -9.38. The highest BCUT2D eigenvalue weighted by atomic mass is 32.2. The lowest BCUT2D eigenvalue weighted by molar-refractivity contribution is -0.142. The molecule has 0 fully saturated rings. The average Bonchev–Trinajstić information content (AvgIpc) is 4.01. The molecule has 10 atom stereocenters. The number of carboxylic acid groups (broad SMARTS) is 1. The Hall–Kier alpha value is -8.34. The van der Waals surface area contributed by atoms with Gasteiger partial charge in [-0.2, -0.15) is 11.8 Å². The van der Waals surface area contributed by atoms with Crippen molar-refractivity contribution in [2.24, 2.45) is 44.6 Å². The number of carbonyl (C=O) groups is 10. The van der Waals surface area contributed by atoms with Gasteiger partial charge in [0.25, 0.3) is 0 Å². The number of H-pyrrole nitrogens is 1. The van der Waals surface area contributed by atoms with Crippen LogP contribution in [0.15, 0.2) is 46.8 Å². The van der Waals surface area contributed by atoms with Gasteiger partial charge < -0.3 is 107 Å². The first-order valence-electron chi connectivity index (χ1n) is 26.1. The molecule has 0 spiro atoms. The third-order valence-corrected chi connectivity index (χ3v) is 12.8. The Balaban J connectivity index is 2.31. The first kappa shape index (κ1) is 70.8. The van der Waals surface area contributed by atoms with E-state index in [2.05, 4.69) is 67.8 Å². The van der Waals surface area contributed by atoms with Gasteiger partial charge in [0, 0.05) is 37.8 Å². The van der Waals surface area contributed by atoms with Crippen molar-refractivity contribution in [2.45, 2.75) is 126 Å². The molecule has 0 aliphatic carbocycles. The quantitative estimate of drug-likeness (QED) is 0.0169. The topological polar surface area (TPSA) is 564 Å². The number of aromatic nitrogens is 2. The summed E-state index contributed by atoms with van der Waals surface area (Å²) in [7, 11) is 0. The van der Waals surface area contributed by atoms with Crippen LogP contribution in [0, 0.1) is 5.92 Å². The average molecular weight is 1190 g/mol. The molecule has 0 saturated carbocycles. The summed E-state index contributed by atoms with van der Waals surface area (Å²) in [6.07, 6.45) is 4.48. The van der Waals surface area contributed by atoms with Crippen molar-refractivity contribution < 1.29 is 73.5 Å². The number of imidazole rings is 1. The number of hydrogen-bond donors (Lipinski definition) is 20. The van der Waals surface area contributed by atoms with Crippen molar-refractivity contribution in [3.05, 3.63) is 48.0 Å². The van der Waals surface area contributed by atoms with Crippen LogP contribution >= 0.6 is 11.8 Å². The summed E-state index contributed by atoms with van der Waals surface area (Å²) in [5, 5.41) is 71.6. The number of aliphatic carboxylic acids is 1. The maximum Gasteiger partial charge on any atom is 0.326 e. The van der Waals surface area contributed by atoms with Gasteiger partial charge in [-0.1, -0.05) is 26.0 Å². The van der Waals surface area contributed by atoms with Crippen LogP contribution < -0.4 is 76.5 Å². The monoisotopic (exact) mass is 1190 g/mol. The Bertz CT molecular complexity index is 2520. The van der Waals surface area contributed by atoms with E-state index in [1.807, 2.05) is 0 Å². The highest BCUT2D eigenvalue weighted by Gasteiger charge is 2.36. The number of hydrogen-bond acceptors (Lipinski definition) is 19. The number of aromatic amines is 1. The fourth-order valence-corrected chi connectivity index (χ4v) is 7.97. The van der Waals surface area contributed by atoms with Crippen molar-refractivity contribution >= 4 is 82.8 Å². The molecule has 9 amide bonds. The van der Waals surface area contributed by atoms with Crippen molar-refractivity contribution in [1.82, 2.24) is 57.8 Å². The minimum absolute atomic E-state index is 0.0272. The fourth-order valence-electron chi connectivity index (χ4n) is 7.50. The minimum Gasteiger partial charge on any atom is -0.508 e. The number of aromatic hydroxyl groups is 1. The predicted octanol–water partition coefficient (Wildman–Crippen LogP) is -7.81. The van der Waals surface area contributed by atoms with Crippen LogP contribution in [0.2, 0.25) is 0 Å². The zero-order valence-electron chi connectivity index (χ0n) is 46.5. The second kappa shape index (κ2) is 36.9. The van der Waals surface area contributed by atoms with Gasteiger partial charge in [-0.05, 0) is 74.7 Å². The van der Waals surface area contributed by atoms with Crippen LogP contribution in [0.25, 0.3) is 0 Å². The molecule has 83 heavy (non-hydrogen) atoms. The van der Waals surface area contributed by atoms with E-state index in [4.69, 9.17) is 28.7 Å². The number of carboxylic acids is 1. The Morgan fingerprint density at radius 2 is 1.01 bits per heavy atom. The van der Waals surface area contributed by atoms with Crippen LogP contribution in [0.4, 0.5) is 0 Å². The second-order valence-corrected chi connectivity index (χ2v) is 20.2. The Morgan fingerprint density at radius 3 is 1.49 bits per heavy atom. The van der Waals surface area contributed by atoms with Gasteiger partial charge in [0.05, 0.1) is 32.2 Å². The molecule has 1 heterocycles. The molecule has 0 bridgehead atoms. The number of guanidine groups is 2. The molecule has 0 radical (unpaired) electrons. The van der Waals surface area contributed by atoms with E-state index in [-0.39, 0.29) is 69.3 Å². The number of phenols is 1. The first-order chi connectivity index (χ1) is 39.2. The number of amides is 9. The van der Waals surface area contributed by atoms with E-state index in [0.717, 1.165) is 0 Å². The molecule has 0 aliphatic rings. The molecule has 0 unspecified atom stereocenters. The minimum atomic E-state index is -1.85. The third kappa shape index (κ3) is 26.0. The van der Waals surface area contributed by atoms with Crippen LogP contribution in [-0.2, 0) is 60.8 Å². The number of aliphatic hydroxyl groups is 3. The van der Waals surface area contributed by atoms with Crippen molar-refractivity contribution in [2.75, 3.05) is 44.9 Å². The normalized spacial score (nSPS) is 14.6. The van der Waals surface area contributed by atoms with Gasteiger partial charge in [0.2, 0.25) is 53.2 Å². The summed E-state index contributed by atoms with van der Waals surface area (Å²) in [4.78, 5) is 149. The van der Waals surface area contributed by atoms with E-state index in [1.54, 1.807) is 6.26 Å². The van der Waals surface area contributed by atoms with Crippen molar-refractivity contribution in [3.63, 3.8) is 0 Å². The molecule has 462 valence electrons. The second-order valence-electron chi connectivity index (χ2n) is 19.2. The Labute approximate surface area is 482 Å². The fraction of sp³-hybridized carbons (Fsp3) is 0.571. The van der Waals surface area contributed by atoms with E-state index < -0.39 is 145 Å². The van der Waals surface area contributed by atoms with Crippen LogP contribution in [-0.4, -0.2) is 212 Å². The molecule has 2 aromatic rings. The predicted molar refractivity (Wildman–Crippen MR) is 302 cm³/mol. The molecular weight excluding hydrogens is 1110 g/mol. The summed E-state index contributed by atoms with van der Waals surface area (Å²) >= 11 is 1.34. The number of nitrogens with one attached hydrogen (secondary N) is 10. The summed E-state index contributed by atoms with van der Waals surface area (Å²) < 4.78 is 0. The Morgan fingerprint density at radius 1 is 0.566 bits per heavy atom. The van der Waals surface area contributed by atoms with E-state index in [0.29, 0.717) is 23.4 Å². The molecule has 1 aromatic heterocycles. The van der Waals surface area contributed by atoms with Gasteiger partial charge in [-0.15, -0.1) is 0 Å². The molecule has 33 nitrogen and oxygen atoms in total. The molecule has 25 N–H and O–H groups in total.